The minimum atomic E-state index is 0.398. The van der Waals surface area contributed by atoms with Gasteiger partial charge in [0.15, 0.2) is 0 Å². The second-order valence-corrected chi connectivity index (χ2v) is 7.69. The molecule has 3 atom stereocenters. The zero-order chi connectivity index (χ0) is 14.0. The van der Waals surface area contributed by atoms with Crippen molar-refractivity contribution in [2.45, 2.75) is 90.3 Å². The second-order valence-electron chi connectivity index (χ2n) is 7.69. The molecule has 2 aliphatic carbocycles. The zero-order valence-corrected chi connectivity index (χ0v) is 13.5. The van der Waals surface area contributed by atoms with Gasteiger partial charge in [0.25, 0.3) is 0 Å². The lowest BCUT2D eigenvalue weighted by atomic mass is 9.67. The van der Waals surface area contributed by atoms with Gasteiger partial charge in [-0.05, 0) is 50.5 Å². The molecule has 0 aliphatic heterocycles. The lowest BCUT2D eigenvalue weighted by Gasteiger charge is -2.46. The average Bonchev–Trinajstić information content (AvgIpc) is 2.92. The topological polar surface area (TPSA) is 29.3 Å². The SMILES string of the molecule is CCC(C)(C)C1CCC(N)C(N(C)C2CCCC2)C1. The molecule has 0 aromatic heterocycles. The van der Waals surface area contributed by atoms with Crippen molar-refractivity contribution in [2.24, 2.45) is 17.1 Å². The first-order valence-electron chi connectivity index (χ1n) is 8.43. The third kappa shape index (κ3) is 3.33. The third-order valence-corrected chi connectivity index (χ3v) is 6.31. The Hall–Kier alpha value is -0.0800. The van der Waals surface area contributed by atoms with E-state index in [-0.39, 0.29) is 0 Å². The Labute approximate surface area is 120 Å². The van der Waals surface area contributed by atoms with Crippen LogP contribution in [0.4, 0.5) is 0 Å². The van der Waals surface area contributed by atoms with Crippen LogP contribution in [0.25, 0.3) is 0 Å². The Balaban J connectivity index is 2.01. The number of rotatable bonds is 4. The van der Waals surface area contributed by atoms with Gasteiger partial charge in [0.05, 0.1) is 0 Å². The highest BCUT2D eigenvalue weighted by atomic mass is 15.2. The summed E-state index contributed by atoms with van der Waals surface area (Å²) in [4.78, 5) is 2.65. The van der Waals surface area contributed by atoms with E-state index in [4.69, 9.17) is 5.73 Å². The van der Waals surface area contributed by atoms with Crippen molar-refractivity contribution < 1.29 is 0 Å². The van der Waals surface area contributed by atoms with Gasteiger partial charge in [0.2, 0.25) is 0 Å². The Bertz CT molecular complexity index is 281. The van der Waals surface area contributed by atoms with Crippen LogP contribution < -0.4 is 5.73 Å². The van der Waals surface area contributed by atoms with Crippen molar-refractivity contribution in [2.75, 3.05) is 7.05 Å². The fraction of sp³-hybridized carbons (Fsp3) is 1.00. The molecule has 0 radical (unpaired) electrons. The molecule has 0 saturated heterocycles. The van der Waals surface area contributed by atoms with Gasteiger partial charge < -0.3 is 5.73 Å². The molecule has 2 nitrogen and oxygen atoms in total. The van der Waals surface area contributed by atoms with Crippen LogP contribution in [0.2, 0.25) is 0 Å². The van der Waals surface area contributed by atoms with E-state index < -0.39 is 0 Å². The molecule has 2 aliphatic rings. The predicted octanol–water partition coefficient (Wildman–Crippen LogP) is 3.79. The Morgan fingerprint density at radius 1 is 1.11 bits per heavy atom. The van der Waals surface area contributed by atoms with Crippen LogP contribution in [0.5, 0.6) is 0 Å². The highest BCUT2D eigenvalue weighted by Gasteiger charge is 2.39. The molecule has 0 amide bonds. The van der Waals surface area contributed by atoms with Crippen molar-refractivity contribution in [3.63, 3.8) is 0 Å². The molecular weight excluding hydrogens is 232 g/mol. The molecule has 2 fully saturated rings. The summed E-state index contributed by atoms with van der Waals surface area (Å²) in [6.45, 7) is 7.23. The van der Waals surface area contributed by atoms with Crippen molar-refractivity contribution in [1.29, 1.82) is 0 Å². The molecule has 112 valence electrons. The molecule has 0 aromatic rings. The Kier molecular flexibility index (Phi) is 4.94. The fourth-order valence-corrected chi connectivity index (χ4v) is 4.22. The van der Waals surface area contributed by atoms with Gasteiger partial charge in [-0.25, -0.2) is 0 Å². The van der Waals surface area contributed by atoms with Crippen LogP contribution in [0.1, 0.15) is 72.1 Å². The maximum atomic E-state index is 6.45. The molecule has 0 aromatic carbocycles. The maximum Gasteiger partial charge on any atom is 0.0249 e. The summed E-state index contributed by atoms with van der Waals surface area (Å²) in [5.74, 6) is 0.853. The molecule has 19 heavy (non-hydrogen) atoms. The van der Waals surface area contributed by atoms with E-state index in [9.17, 15) is 0 Å². The Morgan fingerprint density at radius 2 is 1.74 bits per heavy atom. The summed E-state index contributed by atoms with van der Waals surface area (Å²) in [7, 11) is 2.34. The van der Waals surface area contributed by atoms with E-state index in [0.29, 0.717) is 17.5 Å². The van der Waals surface area contributed by atoms with Crippen LogP contribution in [-0.2, 0) is 0 Å². The minimum Gasteiger partial charge on any atom is -0.326 e. The fourth-order valence-electron chi connectivity index (χ4n) is 4.22. The highest BCUT2D eigenvalue weighted by Crippen LogP contribution is 2.42. The van der Waals surface area contributed by atoms with Crippen LogP contribution in [0.15, 0.2) is 0 Å². The molecular formula is C17H34N2. The smallest absolute Gasteiger partial charge is 0.0249 e. The zero-order valence-electron chi connectivity index (χ0n) is 13.5. The third-order valence-electron chi connectivity index (χ3n) is 6.31. The Morgan fingerprint density at radius 3 is 2.32 bits per heavy atom. The first-order chi connectivity index (χ1) is 8.95. The van der Waals surface area contributed by atoms with Crippen molar-refractivity contribution >= 4 is 0 Å². The monoisotopic (exact) mass is 266 g/mol. The van der Waals surface area contributed by atoms with Crippen LogP contribution in [0.3, 0.4) is 0 Å². The number of likely N-dealkylation sites (N-methyl/N-ethyl adjacent to an activating group) is 1. The van der Waals surface area contributed by atoms with E-state index in [1.165, 1.54) is 51.4 Å². The largest absolute Gasteiger partial charge is 0.326 e. The van der Waals surface area contributed by atoms with Gasteiger partial charge >= 0.3 is 0 Å². The van der Waals surface area contributed by atoms with Gasteiger partial charge in [0, 0.05) is 18.1 Å². The van der Waals surface area contributed by atoms with Crippen molar-refractivity contribution in [3.8, 4) is 0 Å². The van der Waals surface area contributed by atoms with Gasteiger partial charge in [-0.3, -0.25) is 4.90 Å². The van der Waals surface area contributed by atoms with E-state index in [1.54, 1.807) is 0 Å². The first-order valence-corrected chi connectivity index (χ1v) is 8.43. The van der Waals surface area contributed by atoms with Gasteiger partial charge in [-0.2, -0.15) is 0 Å². The number of nitrogens with zero attached hydrogens (tertiary/aromatic N) is 1. The molecule has 2 saturated carbocycles. The number of hydrogen-bond donors (Lipinski definition) is 1. The molecule has 2 N–H and O–H groups in total. The minimum absolute atomic E-state index is 0.398. The molecule has 0 heterocycles. The molecule has 3 unspecified atom stereocenters. The summed E-state index contributed by atoms with van der Waals surface area (Å²) >= 11 is 0. The summed E-state index contributed by atoms with van der Waals surface area (Å²) < 4.78 is 0. The van der Waals surface area contributed by atoms with Crippen LogP contribution in [0, 0.1) is 11.3 Å². The normalized spacial score (nSPS) is 34.1. The quantitative estimate of drug-likeness (QED) is 0.839. The standard InChI is InChI=1S/C17H34N2/c1-5-17(2,3)13-10-11-15(18)16(12-13)19(4)14-8-6-7-9-14/h13-16H,5-12,18H2,1-4H3. The molecule has 0 bridgehead atoms. The highest BCUT2D eigenvalue weighted by molar-refractivity contribution is 4.94. The summed E-state index contributed by atoms with van der Waals surface area (Å²) in [5.41, 5.74) is 6.93. The van der Waals surface area contributed by atoms with E-state index in [0.717, 1.165) is 12.0 Å². The van der Waals surface area contributed by atoms with Gasteiger partial charge in [-0.15, -0.1) is 0 Å². The molecule has 0 spiro atoms. The first kappa shape index (κ1) is 15.3. The summed E-state index contributed by atoms with van der Waals surface area (Å²) in [5, 5.41) is 0. The molecule has 2 heteroatoms. The average molecular weight is 266 g/mol. The van der Waals surface area contributed by atoms with Gasteiger partial charge in [0.1, 0.15) is 0 Å². The van der Waals surface area contributed by atoms with Gasteiger partial charge in [-0.1, -0.05) is 40.0 Å². The predicted molar refractivity (Wildman–Crippen MR) is 83.2 cm³/mol. The van der Waals surface area contributed by atoms with Crippen molar-refractivity contribution in [1.82, 2.24) is 4.90 Å². The summed E-state index contributed by atoms with van der Waals surface area (Å²) in [6, 6.07) is 1.82. The lowest BCUT2D eigenvalue weighted by molar-refractivity contribution is 0.0532. The second kappa shape index (κ2) is 6.13. The van der Waals surface area contributed by atoms with E-state index in [1.807, 2.05) is 0 Å². The van der Waals surface area contributed by atoms with Crippen LogP contribution >= 0.6 is 0 Å². The van der Waals surface area contributed by atoms with Crippen molar-refractivity contribution in [3.05, 3.63) is 0 Å². The maximum absolute atomic E-state index is 6.45. The van der Waals surface area contributed by atoms with Crippen LogP contribution in [-0.4, -0.2) is 30.1 Å². The van der Waals surface area contributed by atoms with E-state index >= 15 is 0 Å². The number of nitrogens with two attached hydrogens (primary N) is 1. The number of hydrogen-bond acceptors (Lipinski definition) is 2. The lowest BCUT2D eigenvalue weighted by Crippen LogP contribution is -2.54. The summed E-state index contributed by atoms with van der Waals surface area (Å²) in [6.07, 6.45) is 10.8. The molecule has 2 rings (SSSR count). The van der Waals surface area contributed by atoms with E-state index in [2.05, 4.69) is 32.7 Å².